The van der Waals surface area contributed by atoms with Crippen LogP contribution in [0.4, 0.5) is 87.8 Å². The number of aromatic nitrogens is 1. The number of pyridine rings is 1. The van der Waals surface area contributed by atoms with Crippen LogP contribution in [0, 0.1) is 122 Å². The summed E-state index contributed by atoms with van der Waals surface area (Å²) < 4.78 is 296. The van der Waals surface area contributed by atoms with Crippen LogP contribution < -0.4 is 26.4 Å². The molecule has 1 aromatic heterocycles. The van der Waals surface area contributed by atoms with E-state index in [-0.39, 0.29) is 17.5 Å². The fourth-order valence-corrected chi connectivity index (χ4v) is 8.08. The summed E-state index contributed by atoms with van der Waals surface area (Å²) >= 11 is 0. The standard InChI is InChI=1S/C24BF20.C20H22NO2/c26-5-1(6(27)14(35)21(42)13(5)34)25(2-7(28)15(36)22(43)16(37)8(2)29,3-9(30)17(38)23(44)18(39)10(3)31)4-11(32)19(40)24(45)20(41)12(4)33;22-19(16-7-3-1-4-8-16)15-21-13-11-18(12-14-21)20(23)17-9-5-2-6-10-17/h;1,3-4,7-8,11-14,17H,2,5-6,9-10,15H2/q-1;+1. The van der Waals surface area contributed by atoms with Crippen molar-refractivity contribution in [2.45, 2.75) is 38.6 Å². The van der Waals surface area contributed by atoms with Crippen LogP contribution in [0.2, 0.25) is 0 Å². The molecule has 0 amide bonds. The maximum absolute atomic E-state index is 15.4. The van der Waals surface area contributed by atoms with E-state index in [4.69, 9.17) is 0 Å². The largest absolute Gasteiger partial charge is 0.294 e. The predicted molar refractivity (Wildman–Crippen MR) is 198 cm³/mol. The molecule has 1 saturated carbocycles. The third-order valence-electron chi connectivity index (χ3n) is 11.3. The second-order valence-electron chi connectivity index (χ2n) is 15.0. The molecule has 1 fully saturated rings. The highest BCUT2D eigenvalue weighted by molar-refractivity contribution is 7.20. The Balaban J connectivity index is 0.000000276. The number of Topliss-reactive ketones (excluding diaryl/α,β-unsaturated/α-hetero) is 2. The molecule has 0 N–H and O–H groups in total. The SMILES string of the molecule is Fc1c(F)c(F)c([B-](c2c(F)c(F)c(F)c(F)c2F)(c2c(F)c(F)c(F)c(F)c2F)c2c(F)c(F)c(F)c(F)c2F)c(F)c1F.O=C(C[n+]1ccc(C(=O)C2CCCCC2)cc1)c1ccccc1. The first-order valence-corrected chi connectivity index (χ1v) is 19.3. The van der Waals surface area contributed by atoms with Gasteiger partial charge in [0.1, 0.15) is 52.7 Å². The topological polar surface area (TPSA) is 38.0 Å². The van der Waals surface area contributed by atoms with E-state index in [2.05, 4.69) is 0 Å². The first-order valence-electron chi connectivity index (χ1n) is 19.3. The molecule has 7 rings (SSSR count). The van der Waals surface area contributed by atoms with E-state index in [1.807, 2.05) is 59.4 Å². The Morgan fingerprint density at radius 2 is 0.662 bits per heavy atom. The van der Waals surface area contributed by atoms with Gasteiger partial charge in [0, 0.05) is 29.2 Å². The molecule has 0 aliphatic heterocycles. The Labute approximate surface area is 368 Å². The van der Waals surface area contributed by atoms with Crippen LogP contribution in [-0.4, -0.2) is 17.7 Å². The van der Waals surface area contributed by atoms with Gasteiger partial charge in [0.15, 0.2) is 88.0 Å². The van der Waals surface area contributed by atoms with Crippen molar-refractivity contribution in [3.05, 3.63) is 182 Å². The summed E-state index contributed by atoms with van der Waals surface area (Å²) in [7, 11) is 0. The molecule has 1 aliphatic rings. The van der Waals surface area contributed by atoms with Crippen molar-refractivity contribution in [3.8, 4) is 0 Å². The smallest absolute Gasteiger partial charge is 0.227 e. The molecule has 0 atom stereocenters. The molecule has 5 aromatic carbocycles. The van der Waals surface area contributed by atoms with Crippen LogP contribution in [0.3, 0.4) is 0 Å². The molecule has 1 heterocycles. The average Bonchev–Trinajstić information content (AvgIpc) is 3.34. The van der Waals surface area contributed by atoms with E-state index in [1.54, 1.807) is 0 Å². The molecule has 0 spiro atoms. The van der Waals surface area contributed by atoms with Gasteiger partial charge in [-0.2, -0.15) is 4.57 Å². The summed E-state index contributed by atoms with van der Waals surface area (Å²) in [6.45, 7) is 0.294. The first kappa shape index (κ1) is 50.7. The van der Waals surface area contributed by atoms with Crippen LogP contribution in [0.5, 0.6) is 0 Å². The lowest BCUT2D eigenvalue weighted by molar-refractivity contribution is -0.683. The van der Waals surface area contributed by atoms with Crippen molar-refractivity contribution in [2.24, 2.45) is 5.92 Å². The fourth-order valence-electron chi connectivity index (χ4n) is 8.08. The Kier molecular flexibility index (Phi) is 14.5. The minimum atomic E-state index is -7.22. The zero-order valence-corrected chi connectivity index (χ0v) is 33.4. The second-order valence-corrected chi connectivity index (χ2v) is 15.0. The summed E-state index contributed by atoms with van der Waals surface area (Å²) in [6, 6.07) is 13.0. The van der Waals surface area contributed by atoms with Gasteiger partial charge in [-0.3, -0.25) is 9.59 Å². The molecule has 68 heavy (non-hydrogen) atoms. The van der Waals surface area contributed by atoms with Gasteiger partial charge in [0.2, 0.25) is 12.3 Å². The quantitative estimate of drug-likeness (QED) is 0.0362. The molecule has 358 valence electrons. The molecule has 3 nitrogen and oxygen atoms in total. The summed E-state index contributed by atoms with van der Waals surface area (Å²) in [5.74, 6) is -70.9. The lowest BCUT2D eigenvalue weighted by Crippen LogP contribution is -2.81. The van der Waals surface area contributed by atoms with Crippen LogP contribution in [0.1, 0.15) is 52.8 Å². The van der Waals surface area contributed by atoms with Gasteiger partial charge in [-0.1, -0.05) is 49.6 Å². The number of carbonyl (C=O) groups excluding carboxylic acids is 2. The number of hydrogen-bond donors (Lipinski definition) is 0. The van der Waals surface area contributed by atoms with Crippen molar-refractivity contribution >= 4 is 39.6 Å². The van der Waals surface area contributed by atoms with Gasteiger partial charge in [-0.15, -0.1) is 21.9 Å². The first-order chi connectivity index (χ1) is 31.9. The number of benzene rings is 5. The normalized spacial score (nSPS) is 13.1. The van der Waals surface area contributed by atoms with Crippen molar-refractivity contribution in [1.82, 2.24) is 0 Å². The monoisotopic (exact) mass is 987 g/mol. The molecule has 0 radical (unpaired) electrons. The minimum absolute atomic E-state index is 0.0713. The number of rotatable bonds is 9. The van der Waals surface area contributed by atoms with Crippen molar-refractivity contribution in [2.75, 3.05) is 0 Å². The predicted octanol–water partition coefficient (Wildman–Crippen LogP) is 9.47. The molecule has 0 unspecified atom stereocenters. The highest BCUT2D eigenvalue weighted by atomic mass is 19.2. The van der Waals surface area contributed by atoms with Gasteiger partial charge in [0.05, 0.1) is 0 Å². The van der Waals surface area contributed by atoms with Gasteiger partial charge >= 0.3 is 0 Å². The molecule has 0 bridgehead atoms. The summed E-state index contributed by atoms with van der Waals surface area (Å²) in [5, 5.41) is 0. The Morgan fingerprint density at radius 1 is 0.382 bits per heavy atom. The van der Waals surface area contributed by atoms with Gasteiger partial charge in [0.25, 0.3) is 0 Å². The van der Waals surface area contributed by atoms with Crippen molar-refractivity contribution in [3.63, 3.8) is 0 Å². The zero-order valence-electron chi connectivity index (χ0n) is 33.4. The molecule has 0 saturated heterocycles. The number of ketones is 2. The van der Waals surface area contributed by atoms with E-state index in [9.17, 15) is 62.3 Å². The van der Waals surface area contributed by atoms with Crippen LogP contribution in [0.15, 0.2) is 54.9 Å². The molecular formula is C44H22BF20NO2. The van der Waals surface area contributed by atoms with Gasteiger partial charge < -0.3 is 0 Å². The highest BCUT2D eigenvalue weighted by Gasteiger charge is 2.52. The highest BCUT2D eigenvalue weighted by Crippen LogP contribution is 2.31. The van der Waals surface area contributed by atoms with Gasteiger partial charge in [-0.05, 0) is 12.8 Å². The fraction of sp³-hybridized carbons (Fsp3) is 0.159. The number of carbonyl (C=O) groups is 2. The average molecular weight is 987 g/mol. The lowest BCUT2D eigenvalue weighted by Gasteiger charge is -2.44. The van der Waals surface area contributed by atoms with E-state index in [0.717, 1.165) is 31.2 Å². The maximum atomic E-state index is 15.4. The van der Waals surface area contributed by atoms with E-state index >= 15 is 35.1 Å². The zero-order chi connectivity index (χ0) is 50.4. The molecule has 6 aromatic rings. The summed E-state index contributed by atoms with van der Waals surface area (Å²) in [5.41, 5.74) is -12.9. The van der Waals surface area contributed by atoms with E-state index < -0.39 is 144 Å². The second kappa shape index (κ2) is 19.5. The van der Waals surface area contributed by atoms with Crippen LogP contribution in [0.25, 0.3) is 0 Å². The maximum Gasteiger partial charge on any atom is 0.227 e. The van der Waals surface area contributed by atoms with Crippen molar-refractivity contribution in [1.29, 1.82) is 0 Å². The summed E-state index contributed by atoms with van der Waals surface area (Å²) in [6.07, 6.45) is 2.04. The minimum Gasteiger partial charge on any atom is -0.294 e. The third-order valence-corrected chi connectivity index (χ3v) is 11.3. The Morgan fingerprint density at radius 3 is 0.956 bits per heavy atom. The molecule has 1 aliphatic carbocycles. The number of nitrogens with zero attached hydrogens (tertiary/aromatic N) is 1. The van der Waals surface area contributed by atoms with E-state index in [0.29, 0.717) is 12.1 Å². The molecule has 24 heteroatoms. The van der Waals surface area contributed by atoms with Crippen LogP contribution in [-0.2, 0) is 6.54 Å². The number of hydrogen-bond acceptors (Lipinski definition) is 2. The third kappa shape index (κ3) is 8.34. The van der Waals surface area contributed by atoms with E-state index in [1.165, 1.54) is 6.42 Å². The Hall–Kier alpha value is -6.75. The van der Waals surface area contributed by atoms with Crippen LogP contribution >= 0.6 is 0 Å². The summed E-state index contributed by atoms with van der Waals surface area (Å²) in [4.78, 5) is 24.7. The molecular weight excluding hydrogens is 965 g/mol. The lowest BCUT2D eigenvalue weighted by atomic mass is 9.12. The number of halogens is 20. The Bertz CT molecular complexity index is 2620. The van der Waals surface area contributed by atoms with Gasteiger partial charge in [-0.25, -0.2) is 87.8 Å². The van der Waals surface area contributed by atoms with Crippen molar-refractivity contribution < 1.29 is 102 Å².